The number of imide groups is 1. The zero-order valence-electron chi connectivity index (χ0n) is 21.3. The van der Waals surface area contributed by atoms with Gasteiger partial charge in [0.1, 0.15) is 5.92 Å². The van der Waals surface area contributed by atoms with Crippen molar-refractivity contribution in [1.82, 2.24) is 0 Å². The number of hydroxylamine groups is 1. The highest BCUT2D eigenvalue weighted by molar-refractivity contribution is 9.10. The molecule has 3 unspecified atom stereocenters. The Morgan fingerprint density at radius 3 is 2.15 bits per heavy atom. The second-order valence-corrected chi connectivity index (χ2v) is 10.2. The molecule has 2 fully saturated rings. The highest BCUT2D eigenvalue weighted by Gasteiger charge is 2.60. The Kier molecular flexibility index (Phi) is 6.83. The molecule has 2 aliphatic heterocycles. The van der Waals surface area contributed by atoms with Gasteiger partial charge in [-0.2, -0.15) is 0 Å². The van der Waals surface area contributed by atoms with Crippen molar-refractivity contribution in [3.8, 4) is 11.5 Å². The fourth-order valence-corrected chi connectivity index (χ4v) is 5.35. The van der Waals surface area contributed by atoms with Gasteiger partial charge in [-0.3, -0.25) is 14.4 Å². The first kappa shape index (κ1) is 25.8. The van der Waals surface area contributed by atoms with Crippen LogP contribution < -0.4 is 19.4 Å². The molecule has 4 aromatic carbocycles. The van der Waals surface area contributed by atoms with Crippen molar-refractivity contribution in [2.24, 2.45) is 5.92 Å². The Bertz CT molecular complexity index is 1580. The van der Waals surface area contributed by atoms with Gasteiger partial charge in [-0.15, -0.1) is 0 Å². The van der Waals surface area contributed by atoms with Crippen LogP contribution in [0.5, 0.6) is 11.5 Å². The number of benzene rings is 4. The maximum atomic E-state index is 13.9. The first-order valence-corrected chi connectivity index (χ1v) is 13.3. The Morgan fingerprint density at radius 1 is 0.800 bits per heavy atom. The van der Waals surface area contributed by atoms with Crippen LogP contribution in [0, 0.1) is 5.92 Å². The number of para-hydroxylation sites is 1. The van der Waals surface area contributed by atoms with E-state index in [-0.39, 0.29) is 11.7 Å². The minimum absolute atomic E-state index is 0.229. The first-order chi connectivity index (χ1) is 19.5. The Balaban J connectivity index is 1.38. The third-order valence-electron chi connectivity index (χ3n) is 6.95. The largest absolute Gasteiger partial charge is 0.493 e. The SMILES string of the molecule is COc1cc(C2C3C(=O)N(c4ccc(Br)cc4)C(=O)C3ON2c2ccccc2)ccc1OC(=O)c1ccccc1. The highest BCUT2D eigenvalue weighted by Crippen LogP contribution is 2.48. The van der Waals surface area contributed by atoms with Crippen molar-refractivity contribution >= 4 is 45.1 Å². The zero-order chi connectivity index (χ0) is 27.8. The number of ether oxygens (including phenoxy) is 2. The predicted molar refractivity (Wildman–Crippen MR) is 151 cm³/mol. The van der Waals surface area contributed by atoms with Crippen molar-refractivity contribution < 1.29 is 28.7 Å². The molecule has 2 heterocycles. The van der Waals surface area contributed by atoms with Gasteiger partial charge >= 0.3 is 5.97 Å². The quantitative estimate of drug-likeness (QED) is 0.159. The molecule has 2 aliphatic rings. The lowest BCUT2D eigenvalue weighted by molar-refractivity contribution is -0.126. The molecule has 6 rings (SSSR count). The van der Waals surface area contributed by atoms with E-state index in [2.05, 4.69) is 15.9 Å². The molecule has 0 aromatic heterocycles. The topological polar surface area (TPSA) is 85.4 Å². The maximum absolute atomic E-state index is 13.9. The van der Waals surface area contributed by atoms with Gasteiger partial charge in [-0.25, -0.2) is 14.8 Å². The molecule has 0 radical (unpaired) electrons. The van der Waals surface area contributed by atoms with Gasteiger partial charge < -0.3 is 9.47 Å². The molecular weight excluding hydrogens is 576 g/mol. The summed E-state index contributed by atoms with van der Waals surface area (Å²) in [4.78, 5) is 47.5. The molecule has 0 bridgehead atoms. The van der Waals surface area contributed by atoms with Crippen molar-refractivity contribution in [1.29, 1.82) is 0 Å². The molecule has 0 aliphatic carbocycles. The molecule has 9 heteroatoms. The molecule has 0 N–H and O–H groups in total. The van der Waals surface area contributed by atoms with Crippen LogP contribution in [0.1, 0.15) is 22.0 Å². The van der Waals surface area contributed by atoms with Crippen molar-refractivity contribution in [2.45, 2.75) is 12.1 Å². The lowest BCUT2D eigenvalue weighted by Gasteiger charge is -2.29. The number of rotatable bonds is 6. The van der Waals surface area contributed by atoms with Gasteiger partial charge in [0.15, 0.2) is 17.6 Å². The monoisotopic (exact) mass is 598 g/mol. The summed E-state index contributed by atoms with van der Waals surface area (Å²) in [5.41, 5.74) is 2.23. The van der Waals surface area contributed by atoms with Gasteiger partial charge in [0.05, 0.1) is 30.1 Å². The Labute approximate surface area is 238 Å². The van der Waals surface area contributed by atoms with E-state index < -0.39 is 29.9 Å². The summed E-state index contributed by atoms with van der Waals surface area (Å²) >= 11 is 3.39. The summed E-state index contributed by atoms with van der Waals surface area (Å²) in [6.07, 6.45) is -1.01. The molecule has 0 spiro atoms. The van der Waals surface area contributed by atoms with Gasteiger partial charge in [0, 0.05) is 4.47 Å². The average molecular weight is 599 g/mol. The number of carbonyl (C=O) groups excluding carboxylic acids is 3. The van der Waals surface area contributed by atoms with E-state index >= 15 is 0 Å². The fraction of sp³-hybridized carbons (Fsp3) is 0.129. The summed E-state index contributed by atoms with van der Waals surface area (Å²) < 4.78 is 12.0. The van der Waals surface area contributed by atoms with E-state index in [4.69, 9.17) is 14.3 Å². The molecule has 2 saturated heterocycles. The van der Waals surface area contributed by atoms with Crippen LogP contribution in [0.25, 0.3) is 0 Å². The van der Waals surface area contributed by atoms with Crippen LogP contribution in [-0.2, 0) is 14.4 Å². The molecule has 40 heavy (non-hydrogen) atoms. The highest BCUT2D eigenvalue weighted by atomic mass is 79.9. The zero-order valence-corrected chi connectivity index (χ0v) is 22.9. The third-order valence-corrected chi connectivity index (χ3v) is 7.48. The predicted octanol–water partition coefficient (Wildman–Crippen LogP) is 5.73. The number of halogens is 1. The lowest BCUT2D eigenvalue weighted by atomic mass is 9.90. The number of esters is 1. The molecule has 0 saturated carbocycles. The van der Waals surface area contributed by atoms with E-state index in [1.165, 1.54) is 12.0 Å². The van der Waals surface area contributed by atoms with Gasteiger partial charge in [0.2, 0.25) is 5.91 Å². The van der Waals surface area contributed by atoms with Crippen molar-refractivity contribution in [3.63, 3.8) is 0 Å². The standard InChI is InChI=1S/C31H23BrN2O6/c1-38-25-18-20(12-17-24(25)39-31(37)19-8-4-2-5-9-19)27-26-28(40-34(27)23-10-6-3-7-11-23)30(36)33(29(26)35)22-15-13-21(32)14-16-22/h2-18,26-28H,1H3. The van der Waals surface area contributed by atoms with Crippen LogP contribution in [0.2, 0.25) is 0 Å². The summed E-state index contributed by atoms with van der Waals surface area (Å²) in [5, 5.41) is 1.61. The number of carbonyl (C=O) groups is 3. The summed E-state index contributed by atoms with van der Waals surface area (Å²) in [6.45, 7) is 0. The summed E-state index contributed by atoms with van der Waals surface area (Å²) in [5.74, 6) is -1.60. The minimum atomic E-state index is -1.01. The van der Waals surface area contributed by atoms with E-state index in [0.717, 1.165) is 4.47 Å². The molecule has 4 aromatic rings. The second-order valence-electron chi connectivity index (χ2n) is 9.31. The van der Waals surface area contributed by atoms with E-state index in [1.54, 1.807) is 71.8 Å². The molecule has 200 valence electrons. The van der Waals surface area contributed by atoms with Gasteiger partial charge in [-0.05, 0) is 66.2 Å². The molecule has 8 nitrogen and oxygen atoms in total. The summed E-state index contributed by atoms with van der Waals surface area (Å²) in [7, 11) is 1.47. The van der Waals surface area contributed by atoms with Crippen LogP contribution in [-0.4, -0.2) is 31.0 Å². The Morgan fingerprint density at radius 2 is 1.48 bits per heavy atom. The van der Waals surface area contributed by atoms with Crippen LogP contribution in [0.4, 0.5) is 11.4 Å². The number of fused-ring (bicyclic) bond motifs is 1. The summed E-state index contributed by atoms with van der Waals surface area (Å²) in [6, 6.07) is 29.3. The molecule has 3 atom stereocenters. The van der Waals surface area contributed by atoms with E-state index in [1.807, 2.05) is 36.4 Å². The van der Waals surface area contributed by atoms with E-state index in [0.29, 0.717) is 28.3 Å². The average Bonchev–Trinajstić information content (AvgIpc) is 3.50. The fourth-order valence-electron chi connectivity index (χ4n) is 5.08. The normalized spacial score (nSPS) is 20.0. The third kappa shape index (κ3) is 4.53. The van der Waals surface area contributed by atoms with Gasteiger partial charge in [0.25, 0.3) is 5.91 Å². The number of hydrogen-bond acceptors (Lipinski definition) is 7. The number of anilines is 2. The van der Waals surface area contributed by atoms with Crippen LogP contribution in [0.3, 0.4) is 0 Å². The number of methoxy groups -OCH3 is 1. The second kappa shape index (κ2) is 10.6. The molecule has 2 amide bonds. The van der Waals surface area contributed by atoms with Crippen LogP contribution in [0.15, 0.2) is 108 Å². The van der Waals surface area contributed by atoms with Crippen molar-refractivity contribution in [2.75, 3.05) is 17.1 Å². The minimum Gasteiger partial charge on any atom is -0.493 e. The number of amides is 2. The number of hydrogen-bond donors (Lipinski definition) is 0. The van der Waals surface area contributed by atoms with E-state index in [9.17, 15) is 14.4 Å². The first-order valence-electron chi connectivity index (χ1n) is 12.6. The number of nitrogens with zero attached hydrogens (tertiary/aromatic N) is 2. The maximum Gasteiger partial charge on any atom is 0.343 e. The van der Waals surface area contributed by atoms with Crippen LogP contribution >= 0.6 is 15.9 Å². The Hall–Kier alpha value is -4.47. The molecular formula is C31H23BrN2O6. The smallest absolute Gasteiger partial charge is 0.343 e. The lowest BCUT2D eigenvalue weighted by Crippen LogP contribution is -2.37. The van der Waals surface area contributed by atoms with Crippen molar-refractivity contribution in [3.05, 3.63) is 119 Å². The van der Waals surface area contributed by atoms with Gasteiger partial charge in [-0.1, -0.05) is 58.4 Å².